The highest BCUT2D eigenvalue weighted by atomic mass is 32.1. The second-order valence-electron chi connectivity index (χ2n) is 12.4. The predicted molar refractivity (Wildman–Crippen MR) is 209 cm³/mol. The Kier molecular flexibility index (Phi) is 6.12. The fourth-order valence-electron chi connectivity index (χ4n) is 7.76. The third-order valence-electron chi connectivity index (χ3n) is 9.79. The molecular weight excluding hydrogens is 599 g/mol. The minimum absolute atomic E-state index is 1.13. The first-order chi connectivity index (χ1) is 23.8. The van der Waals surface area contributed by atoms with Gasteiger partial charge < -0.3 is 4.90 Å². The summed E-state index contributed by atoms with van der Waals surface area (Å²) in [5, 5.41) is 12.8. The first-order valence-electron chi connectivity index (χ1n) is 16.4. The van der Waals surface area contributed by atoms with Crippen LogP contribution in [-0.4, -0.2) is 0 Å². The monoisotopic (exact) mass is 627 g/mol. The summed E-state index contributed by atoms with van der Waals surface area (Å²) in [6, 6.07) is 64.4. The van der Waals surface area contributed by atoms with E-state index in [0.717, 1.165) is 11.4 Å². The van der Waals surface area contributed by atoms with Gasteiger partial charge in [-0.2, -0.15) is 0 Å². The Morgan fingerprint density at radius 3 is 1.42 bits per heavy atom. The van der Waals surface area contributed by atoms with Gasteiger partial charge in [0.15, 0.2) is 0 Å². The molecular formula is C46H29NS. The van der Waals surface area contributed by atoms with Gasteiger partial charge >= 0.3 is 0 Å². The molecule has 2 heteroatoms. The molecule has 0 N–H and O–H groups in total. The predicted octanol–water partition coefficient (Wildman–Crippen LogP) is 13.8. The second kappa shape index (κ2) is 10.8. The molecule has 48 heavy (non-hydrogen) atoms. The summed E-state index contributed by atoms with van der Waals surface area (Å²) in [7, 11) is 0. The maximum atomic E-state index is 2.46. The smallest absolute Gasteiger partial charge is 0.0625 e. The van der Waals surface area contributed by atoms with E-state index in [9.17, 15) is 0 Å². The zero-order chi connectivity index (χ0) is 31.6. The lowest BCUT2D eigenvalue weighted by atomic mass is 9.88. The highest BCUT2D eigenvalue weighted by Crippen LogP contribution is 2.53. The standard InChI is InChI=1S/C46H29NS/c1-3-15-31(16-4-1)47(32-17-5-2-6-18-32)45-38-23-11-12-24-39(38)46-44(40-25-13-14-26-42(40)48-46)43(45)30-27-28-37-35-21-8-7-19-33(35)34-20-9-10-22-36(34)41(37)29-30/h1-29H. The van der Waals surface area contributed by atoms with E-state index in [1.54, 1.807) is 0 Å². The molecule has 1 heterocycles. The third-order valence-corrected chi connectivity index (χ3v) is 11.0. The van der Waals surface area contributed by atoms with Crippen LogP contribution in [0.2, 0.25) is 0 Å². The van der Waals surface area contributed by atoms with Gasteiger partial charge in [0.2, 0.25) is 0 Å². The molecule has 0 atom stereocenters. The van der Waals surface area contributed by atoms with Crippen molar-refractivity contribution in [2.24, 2.45) is 0 Å². The van der Waals surface area contributed by atoms with Gasteiger partial charge in [0.05, 0.1) is 5.69 Å². The molecule has 10 rings (SSSR count). The lowest BCUT2D eigenvalue weighted by molar-refractivity contribution is 1.30. The van der Waals surface area contributed by atoms with Crippen molar-refractivity contribution in [2.75, 3.05) is 4.90 Å². The maximum Gasteiger partial charge on any atom is 0.0625 e. The summed E-state index contributed by atoms with van der Waals surface area (Å²) in [6.07, 6.45) is 0. The average Bonchev–Trinajstić information content (AvgIpc) is 3.55. The van der Waals surface area contributed by atoms with Crippen molar-refractivity contribution < 1.29 is 0 Å². The summed E-state index contributed by atoms with van der Waals surface area (Å²) in [6.45, 7) is 0. The van der Waals surface area contributed by atoms with E-state index in [-0.39, 0.29) is 0 Å². The molecule has 0 unspecified atom stereocenters. The van der Waals surface area contributed by atoms with Crippen molar-refractivity contribution >= 4 is 91.7 Å². The molecule has 224 valence electrons. The molecule has 0 aliphatic rings. The van der Waals surface area contributed by atoms with Crippen LogP contribution in [0.4, 0.5) is 17.1 Å². The number of benzene rings is 9. The van der Waals surface area contributed by atoms with Crippen LogP contribution in [0.25, 0.3) is 74.4 Å². The Morgan fingerprint density at radius 2 is 0.812 bits per heavy atom. The van der Waals surface area contributed by atoms with Crippen LogP contribution in [0.5, 0.6) is 0 Å². The van der Waals surface area contributed by atoms with Crippen LogP contribution < -0.4 is 4.90 Å². The molecule has 0 amide bonds. The van der Waals surface area contributed by atoms with Gasteiger partial charge in [0, 0.05) is 47.9 Å². The van der Waals surface area contributed by atoms with Crippen LogP contribution in [0.3, 0.4) is 0 Å². The molecule has 0 aliphatic heterocycles. The highest BCUT2D eigenvalue weighted by molar-refractivity contribution is 7.26. The van der Waals surface area contributed by atoms with Crippen LogP contribution >= 0.6 is 11.3 Å². The van der Waals surface area contributed by atoms with Crippen molar-refractivity contribution in [2.45, 2.75) is 0 Å². The molecule has 0 aliphatic carbocycles. The Labute approximate surface area is 282 Å². The van der Waals surface area contributed by atoms with Gasteiger partial charge in [-0.25, -0.2) is 0 Å². The fourth-order valence-corrected chi connectivity index (χ4v) is 9.01. The third kappa shape index (κ3) is 4.03. The van der Waals surface area contributed by atoms with Crippen molar-refractivity contribution in [3.8, 4) is 11.1 Å². The minimum Gasteiger partial charge on any atom is -0.309 e. The number of fused-ring (bicyclic) bond motifs is 11. The number of hydrogen-bond acceptors (Lipinski definition) is 2. The van der Waals surface area contributed by atoms with E-state index in [1.807, 2.05) is 11.3 Å². The summed E-state index contributed by atoms with van der Waals surface area (Å²) in [5.41, 5.74) is 5.93. The number of para-hydroxylation sites is 2. The molecule has 0 spiro atoms. The Hall–Kier alpha value is -5.96. The van der Waals surface area contributed by atoms with Crippen molar-refractivity contribution in [3.05, 3.63) is 176 Å². The lowest BCUT2D eigenvalue weighted by Crippen LogP contribution is -2.12. The largest absolute Gasteiger partial charge is 0.309 e. The molecule has 0 radical (unpaired) electrons. The normalized spacial score (nSPS) is 11.8. The maximum absolute atomic E-state index is 2.46. The van der Waals surface area contributed by atoms with Crippen LogP contribution in [0.15, 0.2) is 176 Å². The molecule has 0 fully saturated rings. The van der Waals surface area contributed by atoms with Gasteiger partial charge in [0.25, 0.3) is 0 Å². The zero-order valence-electron chi connectivity index (χ0n) is 26.1. The highest BCUT2D eigenvalue weighted by Gasteiger charge is 2.26. The summed E-state index contributed by atoms with van der Waals surface area (Å²) in [5.74, 6) is 0. The van der Waals surface area contributed by atoms with Crippen molar-refractivity contribution in [1.82, 2.24) is 0 Å². The lowest BCUT2D eigenvalue weighted by Gasteiger charge is -2.30. The van der Waals surface area contributed by atoms with Crippen molar-refractivity contribution in [3.63, 3.8) is 0 Å². The van der Waals surface area contributed by atoms with E-state index in [1.165, 1.54) is 80.1 Å². The first kappa shape index (κ1) is 27.2. The quantitative estimate of drug-likeness (QED) is 0.176. The Morgan fingerprint density at radius 1 is 0.354 bits per heavy atom. The van der Waals surface area contributed by atoms with E-state index in [0.29, 0.717) is 0 Å². The van der Waals surface area contributed by atoms with Gasteiger partial charge in [0.1, 0.15) is 0 Å². The van der Waals surface area contributed by atoms with Gasteiger partial charge in [-0.1, -0.05) is 140 Å². The summed E-state index contributed by atoms with van der Waals surface area (Å²) < 4.78 is 2.63. The Bertz CT molecular complexity index is 2760. The average molecular weight is 628 g/mol. The molecule has 9 aromatic carbocycles. The molecule has 0 saturated heterocycles. The summed E-state index contributed by atoms with van der Waals surface area (Å²) >= 11 is 1.90. The van der Waals surface area contributed by atoms with Gasteiger partial charge in [-0.05, 0) is 74.3 Å². The SMILES string of the molecule is c1ccc(N(c2ccccc2)c2c(-c3ccc4c5ccccc5c5ccccc5c4c3)c3c4ccccc4sc3c3ccccc23)cc1. The van der Waals surface area contributed by atoms with Crippen LogP contribution in [0.1, 0.15) is 0 Å². The topological polar surface area (TPSA) is 3.24 Å². The number of hydrogen-bond donors (Lipinski definition) is 0. The van der Waals surface area contributed by atoms with E-state index in [2.05, 4.69) is 181 Å². The molecule has 1 nitrogen and oxygen atoms in total. The Balaban J connectivity index is 1.43. The summed E-state index contributed by atoms with van der Waals surface area (Å²) in [4.78, 5) is 2.46. The van der Waals surface area contributed by atoms with Gasteiger partial charge in [-0.3, -0.25) is 0 Å². The fraction of sp³-hybridized carbons (Fsp3) is 0. The van der Waals surface area contributed by atoms with Gasteiger partial charge in [-0.15, -0.1) is 11.3 Å². The number of nitrogens with zero attached hydrogens (tertiary/aromatic N) is 1. The van der Waals surface area contributed by atoms with E-state index in [4.69, 9.17) is 0 Å². The number of thiophene rings is 1. The number of rotatable bonds is 4. The number of anilines is 3. The van der Waals surface area contributed by atoms with Crippen molar-refractivity contribution in [1.29, 1.82) is 0 Å². The second-order valence-corrected chi connectivity index (χ2v) is 13.5. The van der Waals surface area contributed by atoms with E-state index >= 15 is 0 Å². The van der Waals surface area contributed by atoms with E-state index < -0.39 is 0 Å². The minimum atomic E-state index is 1.13. The molecule has 1 aromatic heterocycles. The van der Waals surface area contributed by atoms with Crippen LogP contribution in [-0.2, 0) is 0 Å². The molecule has 0 saturated carbocycles. The molecule has 0 bridgehead atoms. The molecule has 10 aromatic rings. The van der Waals surface area contributed by atoms with Crippen LogP contribution in [0, 0.1) is 0 Å². The first-order valence-corrected chi connectivity index (χ1v) is 17.3. The zero-order valence-corrected chi connectivity index (χ0v) is 26.9.